The van der Waals surface area contributed by atoms with Crippen LogP contribution in [0.25, 0.3) is 0 Å². The molecule has 0 aromatic heterocycles. The molecule has 0 radical (unpaired) electrons. The van der Waals surface area contributed by atoms with Crippen molar-refractivity contribution in [3.05, 3.63) is 65.7 Å². The van der Waals surface area contributed by atoms with Gasteiger partial charge < -0.3 is 9.64 Å². The lowest BCUT2D eigenvalue weighted by atomic mass is 10.2. The third kappa shape index (κ3) is 4.12. The number of rotatable bonds is 5. The van der Waals surface area contributed by atoms with Gasteiger partial charge in [-0.15, -0.1) is 0 Å². The lowest BCUT2D eigenvalue weighted by molar-refractivity contribution is 0.0303. The molecule has 0 atom stereocenters. The lowest BCUT2D eigenvalue weighted by Crippen LogP contribution is -2.40. The monoisotopic (exact) mass is 374 g/mol. The van der Waals surface area contributed by atoms with Crippen LogP contribution in [0, 0.1) is 0 Å². The zero-order chi connectivity index (χ0) is 18.6. The van der Waals surface area contributed by atoms with Crippen molar-refractivity contribution >= 4 is 15.9 Å². The van der Waals surface area contributed by atoms with Gasteiger partial charge in [0.2, 0.25) is 10.0 Å². The van der Waals surface area contributed by atoms with Crippen molar-refractivity contribution in [3.8, 4) is 0 Å². The van der Waals surface area contributed by atoms with Gasteiger partial charge in [-0.05, 0) is 29.8 Å². The van der Waals surface area contributed by atoms with E-state index >= 15 is 0 Å². The average molecular weight is 374 g/mol. The van der Waals surface area contributed by atoms with E-state index in [1.165, 1.54) is 16.4 Å². The van der Waals surface area contributed by atoms with Crippen LogP contribution in [0.4, 0.5) is 0 Å². The van der Waals surface area contributed by atoms with E-state index < -0.39 is 10.0 Å². The normalized spacial score (nSPS) is 15.2. The van der Waals surface area contributed by atoms with Crippen LogP contribution >= 0.6 is 0 Å². The fourth-order valence-electron chi connectivity index (χ4n) is 2.82. The van der Waals surface area contributed by atoms with Crippen molar-refractivity contribution < 1.29 is 17.9 Å². The second kappa shape index (κ2) is 7.99. The van der Waals surface area contributed by atoms with Crippen molar-refractivity contribution in [2.45, 2.75) is 11.4 Å². The Morgan fingerprint density at radius 1 is 1.04 bits per heavy atom. The molecule has 0 aliphatic carbocycles. The van der Waals surface area contributed by atoms with E-state index in [1.807, 2.05) is 30.3 Å². The predicted octanol–water partition coefficient (Wildman–Crippen LogP) is 1.98. The van der Waals surface area contributed by atoms with E-state index in [0.29, 0.717) is 31.9 Å². The number of morpholine rings is 1. The number of sulfonamides is 1. The number of carbonyl (C=O) groups excluding carboxylic acids is 1. The topological polar surface area (TPSA) is 66.9 Å². The summed E-state index contributed by atoms with van der Waals surface area (Å²) < 4.78 is 32.0. The highest BCUT2D eigenvalue weighted by molar-refractivity contribution is 7.89. The first kappa shape index (κ1) is 18.6. The smallest absolute Gasteiger partial charge is 0.254 e. The predicted molar refractivity (Wildman–Crippen MR) is 98.3 cm³/mol. The summed E-state index contributed by atoms with van der Waals surface area (Å²) in [5.74, 6) is -0.102. The lowest BCUT2D eigenvalue weighted by Gasteiger charge is -2.27. The molecule has 7 heteroatoms. The second-order valence-electron chi connectivity index (χ2n) is 6.18. The number of amides is 1. The highest BCUT2D eigenvalue weighted by Gasteiger charge is 2.23. The van der Waals surface area contributed by atoms with Crippen LogP contribution in [-0.4, -0.2) is 56.9 Å². The number of hydrogen-bond acceptors (Lipinski definition) is 4. The quantitative estimate of drug-likeness (QED) is 0.803. The summed E-state index contributed by atoms with van der Waals surface area (Å²) >= 11 is 0. The van der Waals surface area contributed by atoms with Crippen LogP contribution < -0.4 is 0 Å². The van der Waals surface area contributed by atoms with E-state index in [9.17, 15) is 13.2 Å². The van der Waals surface area contributed by atoms with Crippen LogP contribution in [-0.2, 0) is 21.3 Å². The van der Waals surface area contributed by atoms with Gasteiger partial charge in [0.1, 0.15) is 0 Å². The van der Waals surface area contributed by atoms with E-state index in [1.54, 1.807) is 24.1 Å². The van der Waals surface area contributed by atoms with Crippen LogP contribution in [0.3, 0.4) is 0 Å². The second-order valence-corrected chi connectivity index (χ2v) is 8.22. The first-order valence-corrected chi connectivity index (χ1v) is 9.90. The van der Waals surface area contributed by atoms with Gasteiger partial charge in [0, 0.05) is 32.2 Å². The fourth-order valence-corrected chi connectivity index (χ4v) is 3.98. The van der Waals surface area contributed by atoms with Gasteiger partial charge in [-0.3, -0.25) is 4.79 Å². The Labute approximate surface area is 154 Å². The molecule has 1 aliphatic heterocycles. The van der Waals surface area contributed by atoms with Crippen molar-refractivity contribution in [2.24, 2.45) is 0 Å². The molecule has 1 heterocycles. The summed E-state index contributed by atoms with van der Waals surface area (Å²) in [5, 5.41) is 0. The van der Waals surface area contributed by atoms with Gasteiger partial charge in [-0.25, -0.2) is 8.42 Å². The standard InChI is InChI=1S/C19H22N2O4S/c1-20(15-16-5-3-2-4-6-16)26(23,24)18-9-7-17(8-10-18)19(22)21-11-13-25-14-12-21/h2-10H,11-15H2,1H3. The highest BCUT2D eigenvalue weighted by Crippen LogP contribution is 2.18. The SMILES string of the molecule is CN(Cc1ccccc1)S(=O)(=O)c1ccc(C(=O)N2CCOCC2)cc1. The average Bonchev–Trinajstić information content (AvgIpc) is 2.69. The van der Waals surface area contributed by atoms with Crippen LogP contribution in [0.15, 0.2) is 59.5 Å². The van der Waals surface area contributed by atoms with E-state index in [4.69, 9.17) is 4.74 Å². The highest BCUT2D eigenvalue weighted by atomic mass is 32.2. The van der Waals surface area contributed by atoms with Crippen molar-refractivity contribution in [1.29, 1.82) is 0 Å². The van der Waals surface area contributed by atoms with Crippen LogP contribution in [0.5, 0.6) is 0 Å². The van der Waals surface area contributed by atoms with Crippen molar-refractivity contribution in [2.75, 3.05) is 33.4 Å². The molecule has 0 N–H and O–H groups in total. The number of nitrogens with zero attached hydrogens (tertiary/aromatic N) is 2. The molecule has 0 unspecified atom stereocenters. The Hall–Kier alpha value is -2.22. The molecule has 2 aromatic carbocycles. The third-order valence-electron chi connectivity index (χ3n) is 4.36. The number of benzene rings is 2. The van der Waals surface area contributed by atoms with Crippen molar-refractivity contribution in [3.63, 3.8) is 0 Å². The Morgan fingerprint density at radius 2 is 1.65 bits per heavy atom. The van der Waals surface area contributed by atoms with Gasteiger partial charge in [0.15, 0.2) is 0 Å². The van der Waals surface area contributed by atoms with Gasteiger partial charge in [0.05, 0.1) is 18.1 Å². The molecule has 1 fully saturated rings. The Kier molecular flexibility index (Phi) is 5.70. The molecule has 26 heavy (non-hydrogen) atoms. The third-order valence-corrected chi connectivity index (χ3v) is 6.17. The zero-order valence-corrected chi connectivity index (χ0v) is 15.5. The number of carbonyl (C=O) groups is 1. The molecule has 6 nitrogen and oxygen atoms in total. The molecule has 0 bridgehead atoms. The molecular formula is C19H22N2O4S. The van der Waals surface area contributed by atoms with Gasteiger partial charge in [0.25, 0.3) is 5.91 Å². The van der Waals surface area contributed by atoms with Gasteiger partial charge in [-0.1, -0.05) is 30.3 Å². The first-order valence-electron chi connectivity index (χ1n) is 8.46. The van der Waals surface area contributed by atoms with E-state index in [2.05, 4.69) is 0 Å². The molecule has 2 aromatic rings. The summed E-state index contributed by atoms with van der Waals surface area (Å²) in [6, 6.07) is 15.5. The Morgan fingerprint density at radius 3 is 2.27 bits per heavy atom. The molecule has 138 valence electrons. The minimum atomic E-state index is -3.62. The van der Waals surface area contributed by atoms with E-state index in [-0.39, 0.29) is 17.3 Å². The minimum absolute atomic E-state index is 0.102. The molecule has 0 saturated carbocycles. The Bertz CT molecular complexity index is 845. The van der Waals surface area contributed by atoms with Crippen molar-refractivity contribution in [1.82, 2.24) is 9.21 Å². The first-order chi connectivity index (χ1) is 12.5. The maximum Gasteiger partial charge on any atom is 0.254 e. The summed E-state index contributed by atoms with van der Waals surface area (Å²) in [4.78, 5) is 14.3. The molecule has 3 rings (SSSR count). The number of ether oxygens (including phenoxy) is 1. The molecule has 1 aliphatic rings. The molecular weight excluding hydrogens is 352 g/mol. The maximum absolute atomic E-state index is 12.7. The summed E-state index contributed by atoms with van der Waals surface area (Å²) in [6.07, 6.45) is 0. The fraction of sp³-hybridized carbons (Fsp3) is 0.316. The van der Waals surface area contributed by atoms with Crippen LogP contribution in [0.1, 0.15) is 15.9 Å². The summed E-state index contributed by atoms with van der Waals surface area (Å²) in [7, 11) is -2.07. The molecule has 1 saturated heterocycles. The van der Waals surface area contributed by atoms with E-state index in [0.717, 1.165) is 5.56 Å². The van der Waals surface area contributed by atoms with Gasteiger partial charge in [-0.2, -0.15) is 4.31 Å². The molecule has 0 spiro atoms. The maximum atomic E-state index is 12.7. The minimum Gasteiger partial charge on any atom is -0.378 e. The van der Waals surface area contributed by atoms with Gasteiger partial charge >= 0.3 is 0 Å². The van der Waals surface area contributed by atoms with Crippen LogP contribution in [0.2, 0.25) is 0 Å². The largest absolute Gasteiger partial charge is 0.378 e. The zero-order valence-electron chi connectivity index (χ0n) is 14.7. The molecule has 1 amide bonds. The number of hydrogen-bond donors (Lipinski definition) is 0. The summed E-state index contributed by atoms with van der Waals surface area (Å²) in [5.41, 5.74) is 1.40. The summed E-state index contributed by atoms with van der Waals surface area (Å²) in [6.45, 7) is 2.46. The Balaban J connectivity index is 1.73.